The van der Waals surface area contributed by atoms with Crippen molar-refractivity contribution in [1.29, 1.82) is 0 Å². The minimum atomic E-state index is -4.54. The maximum absolute atomic E-state index is 12.6. The van der Waals surface area contributed by atoms with Gasteiger partial charge in [0.05, 0.1) is 11.3 Å². The molecule has 0 saturated carbocycles. The molecule has 6 heteroatoms. The second-order valence-corrected chi connectivity index (χ2v) is 3.51. The lowest BCUT2D eigenvalue weighted by molar-refractivity contribution is -0.137. The number of carbonyl (C=O) groups is 1. The molecule has 0 aliphatic carbocycles. The summed E-state index contributed by atoms with van der Waals surface area (Å²) in [6.45, 7) is 0. The summed E-state index contributed by atoms with van der Waals surface area (Å²) in [6, 6.07) is 4.87. The Morgan fingerprint density at radius 3 is 2.50 bits per heavy atom. The summed E-state index contributed by atoms with van der Waals surface area (Å²) >= 11 is 0. The molecular weight excluding hydrogens is 245 g/mol. The Bertz CT molecular complexity index is 567. The summed E-state index contributed by atoms with van der Waals surface area (Å²) in [5, 5.41) is 0. The van der Waals surface area contributed by atoms with E-state index in [0.29, 0.717) is 11.3 Å². The van der Waals surface area contributed by atoms with E-state index in [1.54, 1.807) is 6.07 Å². The molecule has 0 N–H and O–H groups in total. The first-order valence-corrected chi connectivity index (χ1v) is 4.95. The first-order valence-electron chi connectivity index (χ1n) is 4.95. The molecule has 0 radical (unpaired) electrons. The maximum Gasteiger partial charge on any atom is 0.417 e. The number of alkyl halides is 3. The van der Waals surface area contributed by atoms with Crippen LogP contribution >= 0.6 is 0 Å². The monoisotopic (exact) mass is 252 g/mol. The van der Waals surface area contributed by atoms with Crippen LogP contribution < -0.4 is 0 Å². The predicted molar refractivity (Wildman–Crippen MR) is 57.9 cm³/mol. The SMILES string of the molecule is O=Cc1cc(-c2ccncn2)ccc1C(F)(F)F. The second-order valence-electron chi connectivity index (χ2n) is 3.51. The van der Waals surface area contributed by atoms with E-state index in [-0.39, 0.29) is 6.29 Å². The van der Waals surface area contributed by atoms with E-state index >= 15 is 0 Å². The van der Waals surface area contributed by atoms with Crippen LogP contribution in [0.5, 0.6) is 0 Å². The third-order valence-corrected chi connectivity index (χ3v) is 2.36. The molecule has 2 rings (SSSR count). The van der Waals surface area contributed by atoms with Crippen molar-refractivity contribution >= 4 is 6.29 Å². The van der Waals surface area contributed by atoms with Gasteiger partial charge < -0.3 is 0 Å². The summed E-state index contributed by atoms with van der Waals surface area (Å²) in [5.74, 6) is 0. The highest BCUT2D eigenvalue weighted by Crippen LogP contribution is 2.33. The normalized spacial score (nSPS) is 11.3. The van der Waals surface area contributed by atoms with E-state index in [0.717, 1.165) is 12.1 Å². The summed E-state index contributed by atoms with van der Waals surface area (Å²) in [6.07, 6.45) is -1.60. The van der Waals surface area contributed by atoms with Gasteiger partial charge in [-0.05, 0) is 18.2 Å². The van der Waals surface area contributed by atoms with Gasteiger partial charge in [-0.25, -0.2) is 9.97 Å². The van der Waals surface area contributed by atoms with Gasteiger partial charge in [-0.1, -0.05) is 6.07 Å². The lowest BCUT2D eigenvalue weighted by Crippen LogP contribution is -2.08. The molecule has 0 spiro atoms. The Balaban J connectivity index is 2.52. The molecule has 0 aliphatic rings. The molecule has 92 valence electrons. The van der Waals surface area contributed by atoms with E-state index in [9.17, 15) is 18.0 Å². The molecule has 0 unspecified atom stereocenters. The minimum Gasteiger partial charge on any atom is -0.298 e. The number of rotatable bonds is 2. The number of hydrogen-bond acceptors (Lipinski definition) is 3. The summed E-state index contributed by atoms with van der Waals surface area (Å²) in [7, 11) is 0. The van der Waals surface area contributed by atoms with E-state index in [1.807, 2.05) is 0 Å². The van der Waals surface area contributed by atoms with Gasteiger partial charge in [0.25, 0.3) is 0 Å². The average Bonchev–Trinajstić information content (AvgIpc) is 2.38. The molecule has 1 aromatic carbocycles. The molecule has 1 aromatic heterocycles. The number of benzene rings is 1. The van der Waals surface area contributed by atoms with Crippen LogP contribution in [-0.2, 0) is 6.18 Å². The number of hydrogen-bond donors (Lipinski definition) is 0. The predicted octanol–water partition coefficient (Wildman–Crippen LogP) is 2.97. The molecule has 0 atom stereocenters. The number of aromatic nitrogens is 2. The number of carbonyl (C=O) groups excluding carboxylic acids is 1. The van der Waals surface area contributed by atoms with Crippen molar-refractivity contribution in [2.45, 2.75) is 6.18 Å². The van der Waals surface area contributed by atoms with Gasteiger partial charge >= 0.3 is 6.18 Å². The van der Waals surface area contributed by atoms with Crippen LogP contribution in [0.3, 0.4) is 0 Å². The van der Waals surface area contributed by atoms with Crippen LogP contribution in [0, 0.1) is 0 Å². The van der Waals surface area contributed by atoms with Crippen molar-refractivity contribution < 1.29 is 18.0 Å². The largest absolute Gasteiger partial charge is 0.417 e. The first-order chi connectivity index (χ1) is 8.52. The van der Waals surface area contributed by atoms with Gasteiger partial charge in [-0.3, -0.25) is 4.79 Å². The second kappa shape index (κ2) is 4.56. The Hall–Kier alpha value is -2.24. The topological polar surface area (TPSA) is 42.9 Å². The highest BCUT2D eigenvalue weighted by molar-refractivity contribution is 5.81. The lowest BCUT2D eigenvalue weighted by atomic mass is 10.0. The van der Waals surface area contributed by atoms with Crippen LogP contribution in [-0.4, -0.2) is 16.3 Å². The zero-order valence-electron chi connectivity index (χ0n) is 8.98. The van der Waals surface area contributed by atoms with Gasteiger partial charge in [0.1, 0.15) is 6.33 Å². The summed E-state index contributed by atoms with van der Waals surface area (Å²) in [4.78, 5) is 18.3. The average molecular weight is 252 g/mol. The van der Waals surface area contributed by atoms with Crippen molar-refractivity contribution in [2.24, 2.45) is 0 Å². The van der Waals surface area contributed by atoms with Gasteiger partial charge in [0.2, 0.25) is 0 Å². The Morgan fingerprint density at radius 1 is 1.17 bits per heavy atom. The van der Waals surface area contributed by atoms with Crippen molar-refractivity contribution in [1.82, 2.24) is 9.97 Å². The summed E-state index contributed by atoms with van der Waals surface area (Å²) in [5.41, 5.74) is -0.455. The maximum atomic E-state index is 12.6. The van der Waals surface area contributed by atoms with Crippen molar-refractivity contribution in [2.75, 3.05) is 0 Å². The molecule has 0 bridgehead atoms. The molecule has 0 saturated heterocycles. The lowest BCUT2D eigenvalue weighted by Gasteiger charge is -2.10. The highest BCUT2D eigenvalue weighted by atomic mass is 19.4. The van der Waals surface area contributed by atoms with E-state index in [4.69, 9.17) is 0 Å². The van der Waals surface area contributed by atoms with Crippen LogP contribution in [0.4, 0.5) is 13.2 Å². The van der Waals surface area contributed by atoms with Gasteiger partial charge in [-0.15, -0.1) is 0 Å². The van der Waals surface area contributed by atoms with Gasteiger partial charge in [0, 0.05) is 17.3 Å². The number of halogens is 3. The van der Waals surface area contributed by atoms with E-state index < -0.39 is 17.3 Å². The van der Waals surface area contributed by atoms with Crippen LogP contribution in [0.1, 0.15) is 15.9 Å². The van der Waals surface area contributed by atoms with Crippen LogP contribution in [0.2, 0.25) is 0 Å². The first kappa shape index (κ1) is 12.2. The fraction of sp³-hybridized carbons (Fsp3) is 0.0833. The molecule has 18 heavy (non-hydrogen) atoms. The molecule has 0 amide bonds. The quantitative estimate of drug-likeness (QED) is 0.771. The van der Waals surface area contributed by atoms with Crippen LogP contribution in [0.15, 0.2) is 36.8 Å². The molecule has 0 fully saturated rings. The standard InChI is InChI=1S/C12H7F3N2O/c13-12(14,15)10-2-1-8(5-9(10)6-18)11-3-4-16-7-17-11/h1-7H. The molecule has 1 heterocycles. The third-order valence-electron chi connectivity index (χ3n) is 2.36. The fourth-order valence-electron chi connectivity index (χ4n) is 1.54. The third kappa shape index (κ3) is 2.37. The zero-order valence-corrected chi connectivity index (χ0v) is 8.98. The fourth-order valence-corrected chi connectivity index (χ4v) is 1.54. The number of aldehydes is 1. The van der Waals surface area contributed by atoms with E-state index in [2.05, 4.69) is 9.97 Å². The molecular formula is C12H7F3N2O. The molecule has 0 aliphatic heterocycles. The smallest absolute Gasteiger partial charge is 0.298 e. The Labute approximate surface area is 100 Å². The number of nitrogens with zero attached hydrogens (tertiary/aromatic N) is 2. The van der Waals surface area contributed by atoms with Crippen LogP contribution in [0.25, 0.3) is 11.3 Å². The Kier molecular flexibility index (Phi) is 3.10. The van der Waals surface area contributed by atoms with Gasteiger partial charge in [0.15, 0.2) is 6.29 Å². The summed E-state index contributed by atoms with van der Waals surface area (Å²) < 4.78 is 37.8. The van der Waals surface area contributed by atoms with Crippen molar-refractivity contribution in [3.63, 3.8) is 0 Å². The molecule has 2 aromatic rings. The minimum absolute atomic E-state index is 0.188. The van der Waals surface area contributed by atoms with E-state index in [1.165, 1.54) is 18.6 Å². The highest BCUT2D eigenvalue weighted by Gasteiger charge is 2.33. The zero-order chi connectivity index (χ0) is 13.2. The van der Waals surface area contributed by atoms with Crippen molar-refractivity contribution in [3.05, 3.63) is 47.9 Å². The van der Waals surface area contributed by atoms with Crippen molar-refractivity contribution in [3.8, 4) is 11.3 Å². The van der Waals surface area contributed by atoms with Gasteiger partial charge in [-0.2, -0.15) is 13.2 Å². The molecule has 3 nitrogen and oxygen atoms in total. The Morgan fingerprint density at radius 2 is 1.94 bits per heavy atom.